The quantitative estimate of drug-likeness (QED) is 0.226. The van der Waals surface area contributed by atoms with E-state index in [0.29, 0.717) is 0 Å². The fourth-order valence-electron chi connectivity index (χ4n) is 7.04. The molecule has 0 N–H and O–H groups in total. The van der Waals surface area contributed by atoms with Gasteiger partial charge in [-0.3, -0.25) is 0 Å². The van der Waals surface area contributed by atoms with Crippen molar-refractivity contribution in [3.63, 3.8) is 0 Å². The fraction of sp³-hybridized carbons (Fsp3) is 0.222. The Morgan fingerprint density at radius 3 is 1.67 bits per heavy atom. The van der Waals surface area contributed by atoms with Crippen LogP contribution < -0.4 is 5.46 Å². The number of hydrogen-bond donors (Lipinski definition) is 0. The monoisotopic (exact) mass is 508 g/mol. The highest BCUT2D eigenvalue weighted by atomic mass is 16.7. The topological polar surface area (TPSA) is 18.5 Å². The van der Waals surface area contributed by atoms with E-state index in [1.807, 2.05) is 6.08 Å². The number of fused-ring (bicyclic) bond motifs is 10. The number of rotatable bonds is 3. The summed E-state index contributed by atoms with van der Waals surface area (Å²) in [4.78, 5) is 0. The van der Waals surface area contributed by atoms with Gasteiger partial charge in [0.25, 0.3) is 0 Å². The normalized spacial score (nSPS) is 18.7. The summed E-state index contributed by atoms with van der Waals surface area (Å²) in [6, 6.07) is 29.1. The lowest BCUT2D eigenvalue weighted by molar-refractivity contribution is 0.00578. The van der Waals surface area contributed by atoms with Crippen molar-refractivity contribution < 1.29 is 9.31 Å². The molecule has 4 aromatic rings. The van der Waals surface area contributed by atoms with Gasteiger partial charge in [-0.15, -0.1) is 0 Å². The van der Waals surface area contributed by atoms with Crippen molar-refractivity contribution in [1.29, 1.82) is 0 Å². The highest BCUT2D eigenvalue weighted by Gasteiger charge is 2.55. The van der Waals surface area contributed by atoms with Crippen LogP contribution in [-0.4, -0.2) is 18.3 Å². The van der Waals surface area contributed by atoms with E-state index in [1.165, 1.54) is 44.5 Å². The minimum atomic E-state index is -0.488. The molecule has 3 heteroatoms. The SMILES string of the molecule is C=Cc1c(/C=C\C)c(B2OC(C)(C)C(C)(C)O2)cc2c1-c1ccccc1C21c2ccccc2-c2ccccc21. The molecule has 0 saturated carbocycles. The summed E-state index contributed by atoms with van der Waals surface area (Å²) in [5, 5.41) is 0. The second-order valence-electron chi connectivity index (χ2n) is 11.9. The van der Waals surface area contributed by atoms with E-state index in [-0.39, 0.29) is 0 Å². The van der Waals surface area contributed by atoms with Gasteiger partial charge in [-0.1, -0.05) is 104 Å². The number of hydrogen-bond acceptors (Lipinski definition) is 2. The highest BCUT2D eigenvalue weighted by molar-refractivity contribution is 6.63. The van der Waals surface area contributed by atoms with Crippen LogP contribution in [0.1, 0.15) is 68.0 Å². The summed E-state index contributed by atoms with van der Waals surface area (Å²) in [7, 11) is -0.488. The molecule has 2 nitrogen and oxygen atoms in total. The predicted molar refractivity (Wildman–Crippen MR) is 163 cm³/mol. The van der Waals surface area contributed by atoms with Crippen molar-refractivity contribution in [3.8, 4) is 22.3 Å². The Balaban J connectivity index is 1.63. The lowest BCUT2D eigenvalue weighted by Crippen LogP contribution is -2.41. The van der Waals surface area contributed by atoms with Crippen LogP contribution in [0.5, 0.6) is 0 Å². The Kier molecular flexibility index (Phi) is 5.11. The number of benzene rings is 4. The molecule has 3 aliphatic rings. The molecule has 0 bridgehead atoms. The zero-order valence-corrected chi connectivity index (χ0v) is 23.3. The molecule has 0 amide bonds. The van der Waals surface area contributed by atoms with Crippen molar-refractivity contribution >= 4 is 24.7 Å². The molecule has 0 unspecified atom stereocenters. The van der Waals surface area contributed by atoms with E-state index < -0.39 is 23.7 Å². The van der Waals surface area contributed by atoms with Gasteiger partial charge >= 0.3 is 7.12 Å². The first-order valence-corrected chi connectivity index (χ1v) is 13.9. The Labute approximate surface area is 232 Å². The van der Waals surface area contributed by atoms with E-state index in [1.54, 1.807) is 0 Å². The van der Waals surface area contributed by atoms with Gasteiger partial charge in [0.1, 0.15) is 0 Å². The Bertz CT molecular complexity index is 1650. The third-order valence-corrected chi connectivity index (χ3v) is 9.44. The lowest BCUT2D eigenvalue weighted by atomic mass is 9.66. The van der Waals surface area contributed by atoms with Gasteiger partial charge in [0.05, 0.1) is 16.6 Å². The smallest absolute Gasteiger partial charge is 0.399 e. The fourth-order valence-corrected chi connectivity index (χ4v) is 7.04. The molecule has 1 heterocycles. The van der Waals surface area contributed by atoms with Gasteiger partial charge in [-0.25, -0.2) is 0 Å². The lowest BCUT2D eigenvalue weighted by Gasteiger charge is -2.32. The third-order valence-electron chi connectivity index (χ3n) is 9.44. The molecule has 4 aromatic carbocycles. The summed E-state index contributed by atoms with van der Waals surface area (Å²) in [5.41, 5.74) is 12.3. The first-order chi connectivity index (χ1) is 18.8. The van der Waals surface area contributed by atoms with Crippen LogP contribution in [0.4, 0.5) is 0 Å². The summed E-state index contributed by atoms with van der Waals surface area (Å²) in [6.45, 7) is 14.9. The van der Waals surface area contributed by atoms with Gasteiger partial charge in [0.15, 0.2) is 0 Å². The summed E-state index contributed by atoms with van der Waals surface area (Å²) in [5.74, 6) is 0. The molecule has 1 saturated heterocycles. The van der Waals surface area contributed by atoms with E-state index in [9.17, 15) is 0 Å². The van der Waals surface area contributed by atoms with Crippen molar-refractivity contribution in [2.24, 2.45) is 0 Å². The highest BCUT2D eigenvalue weighted by Crippen LogP contribution is 2.63. The maximum Gasteiger partial charge on any atom is 0.495 e. The van der Waals surface area contributed by atoms with Crippen LogP contribution in [0.15, 0.2) is 91.5 Å². The molecule has 2 aliphatic carbocycles. The minimum Gasteiger partial charge on any atom is -0.399 e. The van der Waals surface area contributed by atoms with Crippen molar-refractivity contribution in [3.05, 3.63) is 125 Å². The summed E-state index contributed by atoms with van der Waals surface area (Å²) < 4.78 is 13.3. The molecular weight excluding hydrogens is 475 g/mol. The first-order valence-electron chi connectivity index (χ1n) is 13.9. The third kappa shape index (κ3) is 3.01. The van der Waals surface area contributed by atoms with Crippen LogP contribution >= 0.6 is 0 Å². The van der Waals surface area contributed by atoms with Crippen LogP contribution in [0.2, 0.25) is 0 Å². The standard InChI is InChI=1S/C36H33BO2/c1-7-15-26-23(8-2)33-27-18-11-14-21-30(27)36(28-19-12-9-16-24(28)25-17-10-13-20-29(25)36)31(33)22-32(26)37-38-34(3,4)35(5,6)39-37/h7-22H,2H2,1,3-6H3/b15-7-. The van der Waals surface area contributed by atoms with Crippen LogP contribution in [0.3, 0.4) is 0 Å². The van der Waals surface area contributed by atoms with Crippen molar-refractivity contribution in [2.45, 2.75) is 51.2 Å². The van der Waals surface area contributed by atoms with E-state index in [4.69, 9.17) is 9.31 Å². The average molecular weight is 508 g/mol. The second kappa shape index (κ2) is 8.18. The molecule has 0 radical (unpaired) electrons. The van der Waals surface area contributed by atoms with Gasteiger partial charge in [0.2, 0.25) is 0 Å². The van der Waals surface area contributed by atoms with E-state index in [2.05, 4.69) is 132 Å². The van der Waals surface area contributed by atoms with Crippen LogP contribution in [-0.2, 0) is 14.7 Å². The van der Waals surface area contributed by atoms with Gasteiger partial charge in [0, 0.05) is 0 Å². The largest absolute Gasteiger partial charge is 0.495 e. The molecule has 192 valence electrons. The van der Waals surface area contributed by atoms with Crippen LogP contribution in [0.25, 0.3) is 34.4 Å². The van der Waals surface area contributed by atoms with Gasteiger partial charge in [-0.2, -0.15) is 0 Å². The van der Waals surface area contributed by atoms with E-state index in [0.717, 1.165) is 16.6 Å². The maximum absolute atomic E-state index is 6.67. The molecule has 0 aromatic heterocycles. The zero-order valence-electron chi connectivity index (χ0n) is 23.3. The average Bonchev–Trinajstić information content (AvgIpc) is 3.48. The molecule has 1 fully saturated rings. The second-order valence-corrected chi connectivity index (χ2v) is 11.9. The Morgan fingerprint density at radius 2 is 1.15 bits per heavy atom. The molecular formula is C36H33BO2. The zero-order chi connectivity index (χ0) is 27.2. The summed E-state index contributed by atoms with van der Waals surface area (Å²) in [6.07, 6.45) is 6.30. The molecule has 1 spiro atoms. The van der Waals surface area contributed by atoms with E-state index >= 15 is 0 Å². The van der Waals surface area contributed by atoms with Gasteiger partial charge < -0.3 is 9.31 Å². The van der Waals surface area contributed by atoms with Crippen molar-refractivity contribution in [1.82, 2.24) is 0 Å². The first kappa shape index (κ1) is 24.4. The molecule has 0 atom stereocenters. The maximum atomic E-state index is 6.67. The Hall–Kier alpha value is -3.66. The molecule has 39 heavy (non-hydrogen) atoms. The van der Waals surface area contributed by atoms with Crippen molar-refractivity contribution in [2.75, 3.05) is 0 Å². The van der Waals surface area contributed by atoms with Crippen LogP contribution in [0, 0.1) is 0 Å². The molecule has 7 rings (SSSR count). The number of allylic oxidation sites excluding steroid dienone is 1. The Morgan fingerprint density at radius 1 is 0.667 bits per heavy atom. The summed E-state index contributed by atoms with van der Waals surface area (Å²) >= 11 is 0. The molecule has 1 aliphatic heterocycles. The predicted octanol–water partition coefficient (Wildman–Crippen LogP) is 8.01. The van der Waals surface area contributed by atoms with Gasteiger partial charge in [-0.05, 0) is 95.7 Å². The minimum absolute atomic E-state index is 0.427.